The van der Waals surface area contributed by atoms with Gasteiger partial charge in [-0.05, 0) is 176 Å². The molecule has 0 saturated heterocycles. The number of ether oxygens (including phenoxy) is 3. The standard InChI is InChI=1S/C20H20F3N7O2S.C13H17NO4.C12H16N6OS.C10H13NO2.C8H9NO2.C6H3F4N.CH3F.2CH4.ClH.3Li.H2O/c1-24-18(32)19-30-29-17(33-19)5-3-2-4-13-6-7-15(28-27-13)26-16(31)11-14-10-12(8-9-25-14)20(21,22)23;1-4-17-12(15)11(13(16)18-5-2)10-8-9(3)6-7-14-10;1-14-11(19)12-18-17-10(20-12)5-3-2-4-8-6-7-9(13)16-15-8;1-3-13-10(12)7-9-6-8(2)4-5-11-9;1-6-2-3-9-7(4-6)5-8(10)11;7-5-3-4(1-2-11-5)6(8,9)10;1-2;;;;;;;/h6-10H,2-5,11H2,1H3,(H,24,32)(H,26,28,31);6-8,11H,4-5H2,1-3H3;6-7H,2-5H2,1H3,(H2,13,16)(H,14,19);4-6H,3,7H2,1-2H3;2-4H,5H2,1H3,(H,10,11);1-3H;1H3;2*1H4;1H;;;;1H2/q;;;;;;;;;;3*+1;/p-3/i;;;;;;1D;;;;;;;. The van der Waals surface area contributed by atoms with Gasteiger partial charge in [0, 0.05) is 82.1 Å². The number of nitrogen functional groups attached to an aromatic ring is 1. The Balaban J connectivity index is -0.000000436. The van der Waals surface area contributed by atoms with E-state index in [0.29, 0.717) is 58.8 Å². The van der Waals surface area contributed by atoms with Crippen LogP contribution in [0.15, 0.2) is 116 Å². The molecular weight excluding hydrogens is 1570 g/mol. The van der Waals surface area contributed by atoms with Crippen molar-refractivity contribution in [3.8, 4) is 0 Å². The Morgan fingerprint density at radius 3 is 1.32 bits per heavy atom. The number of aliphatic carboxylic acids is 1. The SMILES string of the molecule is C.C.CCOC(=O)C(C(=O)OCC)c1cc(C)ccn1.CCOC(=O)Cc1cc(C)ccn1.CNC(=O)c1nnc(CCCCc2ccc(N)nn2)s1.CNC(=O)c1nnc(CCCCc2ccc(NC(=O)Cc3cc(C(F)(F)F)ccn3)nn2)s1.Cc1ccnc(CC(=O)[O-])c1.Fc1cc(C(F)(F)F)ccn1.[2H]CF.[Cl-].[Li+].[Li+].[Li+].[OH-]. The molecule has 0 bridgehead atoms. The van der Waals surface area contributed by atoms with E-state index in [-0.39, 0.29) is 151 Å². The number of aryl methyl sites for hydroxylation is 7. The zero-order valence-corrected chi connectivity index (χ0v) is 66.1. The second kappa shape index (κ2) is 62.0. The molecule has 115 heavy (non-hydrogen) atoms. The van der Waals surface area contributed by atoms with Crippen molar-refractivity contribution in [3.63, 3.8) is 0 Å². The summed E-state index contributed by atoms with van der Waals surface area (Å²) in [6, 6.07) is 20.5. The maximum Gasteiger partial charge on any atom is 1.00 e. The number of nitrogens with one attached hydrogen (secondary N) is 3. The molecular formula is C72H89ClF8Li3N17O12S2. The summed E-state index contributed by atoms with van der Waals surface area (Å²) in [6.45, 7) is 11.7. The summed E-state index contributed by atoms with van der Waals surface area (Å²) < 4.78 is 116. The van der Waals surface area contributed by atoms with E-state index in [2.05, 4.69) is 81.7 Å². The van der Waals surface area contributed by atoms with Crippen molar-refractivity contribution in [3.05, 3.63) is 204 Å². The molecule has 0 atom stereocenters. The number of hydrogen-bond donors (Lipinski definition) is 4. The van der Waals surface area contributed by atoms with Gasteiger partial charge in [0.05, 0.1) is 80.8 Å². The van der Waals surface area contributed by atoms with Crippen LogP contribution in [-0.4, -0.2) is 154 Å². The van der Waals surface area contributed by atoms with E-state index in [1.807, 2.05) is 45.0 Å². The first-order valence-electron chi connectivity index (χ1n) is 33.4. The number of amides is 3. The Morgan fingerprint density at radius 1 is 0.522 bits per heavy atom. The van der Waals surface area contributed by atoms with Crippen LogP contribution in [0, 0.1) is 26.7 Å². The monoisotopic (exact) mass is 1660 g/mol. The van der Waals surface area contributed by atoms with Crippen molar-refractivity contribution in [1.29, 1.82) is 0 Å². The number of carbonyl (C=O) groups is 7. The van der Waals surface area contributed by atoms with Crippen LogP contribution in [0.2, 0.25) is 0 Å². The molecule has 9 heterocycles. The van der Waals surface area contributed by atoms with Gasteiger partial charge in [0.2, 0.25) is 21.9 Å². The molecule has 0 aliphatic carbocycles. The Kier molecular flexibility index (Phi) is 60.3. The minimum absolute atomic E-state index is 0. The number of nitrogens with zero attached hydrogens (tertiary/aromatic N) is 13. The van der Waals surface area contributed by atoms with E-state index in [1.165, 1.54) is 29.7 Å². The molecule has 0 unspecified atom stereocenters. The van der Waals surface area contributed by atoms with Gasteiger partial charge in [0.1, 0.15) is 15.8 Å². The number of carbonyl (C=O) groups excluding carboxylic acids is 7. The molecule has 6 N–H and O–H groups in total. The molecule has 3 amide bonds. The molecule has 0 aromatic carbocycles. The first kappa shape index (κ1) is 112. The van der Waals surface area contributed by atoms with E-state index in [9.17, 15) is 73.8 Å². The van der Waals surface area contributed by atoms with Crippen molar-refractivity contribution in [2.75, 3.05) is 52.1 Å². The predicted octanol–water partition coefficient (Wildman–Crippen LogP) is -1.60. The average molecular weight is 1660 g/mol. The predicted molar refractivity (Wildman–Crippen MR) is 394 cm³/mol. The molecule has 43 heteroatoms. The van der Waals surface area contributed by atoms with Crippen molar-refractivity contribution >= 4 is 75.9 Å². The van der Waals surface area contributed by atoms with Crippen LogP contribution >= 0.6 is 22.7 Å². The van der Waals surface area contributed by atoms with Gasteiger partial charge in [0.25, 0.3) is 11.8 Å². The van der Waals surface area contributed by atoms with Gasteiger partial charge in [-0.3, -0.25) is 53.1 Å². The summed E-state index contributed by atoms with van der Waals surface area (Å²) in [5.41, 5.74) is 9.96. The van der Waals surface area contributed by atoms with Crippen molar-refractivity contribution in [2.45, 2.75) is 145 Å². The number of anilines is 2. The Labute approximate surface area is 712 Å². The minimum Gasteiger partial charge on any atom is -1.00 e. The van der Waals surface area contributed by atoms with E-state index >= 15 is 0 Å². The van der Waals surface area contributed by atoms with Crippen LogP contribution < -0.4 is 95.8 Å². The summed E-state index contributed by atoms with van der Waals surface area (Å²) in [6.07, 6.45) is 4.09. The quantitative estimate of drug-likeness (QED) is 0.00952. The number of carboxylic acids is 1. The summed E-state index contributed by atoms with van der Waals surface area (Å²) in [5.74, 6) is -5.16. The number of hydrogen-bond acceptors (Lipinski definition) is 28. The van der Waals surface area contributed by atoms with Gasteiger partial charge in [-0.1, -0.05) is 37.5 Å². The van der Waals surface area contributed by atoms with Gasteiger partial charge in [-0.2, -0.15) is 40.9 Å². The molecule has 9 aromatic heterocycles. The fourth-order valence-corrected chi connectivity index (χ4v) is 10.1. The number of halogens is 9. The maximum absolute atomic E-state index is 12.8. The Morgan fingerprint density at radius 2 is 0.930 bits per heavy atom. The average Bonchev–Trinajstić information content (AvgIpc) is 1.21. The molecule has 29 nitrogen and oxygen atoms in total. The molecule has 0 aliphatic rings. The smallest absolute Gasteiger partial charge is 1.00 e. The van der Waals surface area contributed by atoms with Gasteiger partial charge >= 0.3 is 86.8 Å². The number of pyridine rings is 5. The number of esters is 3. The summed E-state index contributed by atoms with van der Waals surface area (Å²) in [4.78, 5) is 98.5. The zero-order chi connectivity index (χ0) is 80.9. The zero-order valence-electron chi connectivity index (χ0n) is 64.7. The Bertz CT molecular complexity index is 4300. The topological polar surface area (TPSA) is 430 Å². The summed E-state index contributed by atoms with van der Waals surface area (Å²) in [5, 5.41) is 51.6. The number of nitrogens with two attached hydrogens (primary N) is 1. The number of alkyl halides is 7. The van der Waals surface area contributed by atoms with Crippen LogP contribution in [0.5, 0.6) is 0 Å². The van der Waals surface area contributed by atoms with E-state index < -0.39 is 66.3 Å². The van der Waals surface area contributed by atoms with E-state index in [0.717, 1.165) is 107 Å². The van der Waals surface area contributed by atoms with Crippen molar-refractivity contribution in [2.24, 2.45) is 0 Å². The van der Waals surface area contributed by atoms with Gasteiger partial charge in [-0.15, -0.1) is 30.6 Å². The number of aromatic nitrogens is 13. The first-order chi connectivity index (χ1) is 51.8. The second-order valence-corrected chi connectivity index (χ2v) is 24.1. The van der Waals surface area contributed by atoms with Crippen LogP contribution in [0.4, 0.5) is 46.8 Å². The molecule has 9 rings (SSSR count). The largest absolute Gasteiger partial charge is 1.00 e. The van der Waals surface area contributed by atoms with Gasteiger partial charge in [0.15, 0.2) is 11.7 Å². The van der Waals surface area contributed by atoms with Gasteiger partial charge < -0.3 is 63.7 Å². The number of rotatable bonds is 25. The molecule has 0 spiro atoms. The number of unbranched alkanes of at least 4 members (excludes halogenated alkanes) is 2. The van der Waals surface area contributed by atoms with Crippen LogP contribution in [0.25, 0.3) is 0 Å². The summed E-state index contributed by atoms with van der Waals surface area (Å²) >= 11 is 2.59. The van der Waals surface area contributed by atoms with Crippen LogP contribution in [-0.2, 0) is 95.5 Å². The molecule has 0 aliphatic heterocycles. The van der Waals surface area contributed by atoms with Gasteiger partial charge in [-0.25, -0.2) is 4.98 Å². The third kappa shape index (κ3) is 46.7. The first-order valence-corrected chi connectivity index (χ1v) is 34.3. The normalized spacial score (nSPS) is 9.94. The fourth-order valence-electron chi connectivity index (χ4n) is 8.42. The molecule has 612 valence electrons. The summed E-state index contributed by atoms with van der Waals surface area (Å²) in [7, 11) is 2.12. The molecule has 0 saturated carbocycles. The third-order valence-corrected chi connectivity index (χ3v) is 15.3. The van der Waals surface area contributed by atoms with Crippen LogP contribution in [0.3, 0.4) is 0 Å². The molecule has 0 radical (unpaired) electrons. The number of carboxylic acid groups (broad SMARTS) is 1. The van der Waals surface area contributed by atoms with Crippen molar-refractivity contribution < 1.29 is 164 Å². The van der Waals surface area contributed by atoms with E-state index in [4.69, 9.17) is 21.3 Å². The van der Waals surface area contributed by atoms with Crippen molar-refractivity contribution in [1.82, 2.24) is 76.3 Å². The minimum atomic E-state index is -4.50. The fraction of sp³-hybridized carbons (Fsp3) is 0.389. The Hall–Kier alpha value is -9.40. The van der Waals surface area contributed by atoms with Crippen LogP contribution in [0.1, 0.15) is 160 Å². The third-order valence-electron chi connectivity index (χ3n) is 13.4. The molecule has 0 fully saturated rings. The maximum atomic E-state index is 12.8. The molecule has 9 aromatic rings. The van der Waals surface area contributed by atoms with E-state index in [1.54, 1.807) is 82.8 Å². The second-order valence-electron chi connectivity index (χ2n) is 21.9.